The molecule has 3 aromatic rings. The second-order valence-corrected chi connectivity index (χ2v) is 4.93. The smallest absolute Gasteiger partial charge is 0.161 e. The van der Waals surface area contributed by atoms with Crippen molar-refractivity contribution in [1.29, 1.82) is 0 Å². The average molecular weight is 282 g/mol. The number of hydrogen-bond donors (Lipinski definition) is 0. The Hall–Kier alpha value is -2.49. The molecule has 1 aromatic heterocycles. The molecule has 0 radical (unpaired) electrons. The molecule has 108 valence electrons. The van der Waals surface area contributed by atoms with Gasteiger partial charge in [0.05, 0.1) is 31.0 Å². The zero-order valence-corrected chi connectivity index (χ0v) is 12.2. The Morgan fingerprint density at radius 2 is 1.95 bits per heavy atom. The molecule has 0 aliphatic rings. The third-order valence-electron chi connectivity index (χ3n) is 3.44. The predicted octanol–water partition coefficient (Wildman–Crippen LogP) is 3.43. The van der Waals surface area contributed by atoms with Gasteiger partial charge in [-0.25, -0.2) is 4.98 Å². The first-order chi connectivity index (χ1) is 10.3. The Labute approximate surface area is 123 Å². The normalized spacial score (nSPS) is 10.8. The number of hydrogen-bond acceptors (Lipinski definition) is 3. The lowest BCUT2D eigenvalue weighted by Crippen LogP contribution is -2.07. The van der Waals surface area contributed by atoms with Crippen LogP contribution in [0.25, 0.3) is 11.0 Å². The number of nitrogens with zero attached hydrogens (tertiary/aromatic N) is 2. The number of aryl methyl sites for hydroxylation is 1. The molecule has 0 bridgehead atoms. The minimum Gasteiger partial charge on any atom is -0.493 e. The van der Waals surface area contributed by atoms with Gasteiger partial charge in [-0.05, 0) is 36.8 Å². The Morgan fingerprint density at radius 1 is 1.10 bits per heavy atom. The molecule has 0 aliphatic heterocycles. The molecule has 21 heavy (non-hydrogen) atoms. The molecule has 0 spiro atoms. The highest BCUT2D eigenvalue weighted by atomic mass is 16.5. The summed E-state index contributed by atoms with van der Waals surface area (Å²) in [6.45, 7) is 3.35. The molecule has 1 heterocycles. The first-order valence-corrected chi connectivity index (χ1v) is 6.95. The van der Waals surface area contributed by atoms with Crippen molar-refractivity contribution in [3.63, 3.8) is 0 Å². The number of aromatic nitrogens is 2. The number of imidazole rings is 1. The van der Waals surface area contributed by atoms with Crippen LogP contribution < -0.4 is 9.47 Å². The Kier molecular flexibility index (Phi) is 3.77. The summed E-state index contributed by atoms with van der Waals surface area (Å²) in [4.78, 5) is 4.37. The Bertz CT molecular complexity index is 749. The van der Waals surface area contributed by atoms with Crippen molar-refractivity contribution in [3.8, 4) is 11.5 Å². The lowest BCUT2D eigenvalue weighted by molar-refractivity contribution is 0.281. The van der Waals surface area contributed by atoms with E-state index >= 15 is 0 Å². The molecule has 0 aliphatic carbocycles. The summed E-state index contributed by atoms with van der Waals surface area (Å²) in [6, 6.07) is 14.0. The number of benzene rings is 2. The van der Waals surface area contributed by atoms with Gasteiger partial charge in [-0.2, -0.15) is 0 Å². The predicted molar refractivity (Wildman–Crippen MR) is 83.0 cm³/mol. The molecule has 4 nitrogen and oxygen atoms in total. The van der Waals surface area contributed by atoms with Crippen molar-refractivity contribution < 1.29 is 9.47 Å². The van der Waals surface area contributed by atoms with E-state index in [1.165, 1.54) is 0 Å². The quantitative estimate of drug-likeness (QED) is 0.719. The van der Waals surface area contributed by atoms with Gasteiger partial charge < -0.3 is 14.0 Å². The first kappa shape index (κ1) is 13.5. The van der Waals surface area contributed by atoms with Crippen LogP contribution in [0.1, 0.15) is 5.56 Å². The standard InChI is InChI=1S/C17H18N2O2/c1-13-7-8-16(17(11-13)20-2)21-10-9-19-12-18-14-5-3-4-6-15(14)19/h3-8,11-12H,9-10H2,1-2H3. The molecule has 4 heteroatoms. The van der Waals surface area contributed by atoms with Crippen molar-refractivity contribution in [2.45, 2.75) is 13.5 Å². The highest BCUT2D eigenvalue weighted by molar-refractivity contribution is 5.74. The maximum Gasteiger partial charge on any atom is 0.161 e. The van der Waals surface area contributed by atoms with E-state index in [2.05, 4.69) is 15.6 Å². The Morgan fingerprint density at radius 3 is 2.81 bits per heavy atom. The SMILES string of the molecule is COc1cc(C)ccc1OCCn1cnc2ccccc21. The molecular formula is C17H18N2O2. The highest BCUT2D eigenvalue weighted by Gasteiger charge is 2.05. The second-order valence-electron chi connectivity index (χ2n) is 4.93. The Balaban J connectivity index is 1.69. The van der Waals surface area contributed by atoms with Crippen molar-refractivity contribution in [2.24, 2.45) is 0 Å². The second kappa shape index (κ2) is 5.87. The zero-order chi connectivity index (χ0) is 14.7. The lowest BCUT2D eigenvalue weighted by Gasteiger charge is -2.11. The van der Waals surface area contributed by atoms with Crippen molar-refractivity contribution in [2.75, 3.05) is 13.7 Å². The monoisotopic (exact) mass is 282 g/mol. The number of fused-ring (bicyclic) bond motifs is 1. The van der Waals surface area contributed by atoms with E-state index in [-0.39, 0.29) is 0 Å². The van der Waals surface area contributed by atoms with E-state index in [0.29, 0.717) is 6.61 Å². The minimum absolute atomic E-state index is 0.569. The average Bonchev–Trinajstić information content (AvgIpc) is 2.92. The van der Waals surface area contributed by atoms with E-state index in [1.54, 1.807) is 7.11 Å². The van der Waals surface area contributed by atoms with Gasteiger partial charge >= 0.3 is 0 Å². The molecule has 0 saturated heterocycles. The number of rotatable bonds is 5. The van der Waals surface area contributed by atoms with Crippen LogP contribution in [0, 0.1) is 6.92 Å². The molecule has 0 atom stereocenters. The summed E-state index contributed by atoms with van der Waals surface area (Å²) in [7, 11) is 1.66. The van der Waals surface area contributed by atoms with Crippen molar-refractivity contribution in [3.05, 3.63) is 54.4 Å². The van der Waals surface area contributed by atoms with E-state index in [9.17, 15) is 0 Å². The van der Waals surface area contributed by atoms with Crippen LogP contribution >= 0.6 is 0 Å². The van der Waals surface area contributed by atoms with Gasteiger partial charge in [0.15, 0.2) is 11.5 Å². The number of ether oxygens (including phenoxy) is 2. The van der Waals surface area contributed by atoms with E-state index in [1.807, 2.05) is 49.6 Å². The molecule has 0 fully saturated rings. The van der Waals surface area contributed by atoms with Crippen LogP contribution in [0.2, 0.25) is 0 Å². The molecule has 0 amide bonds. The van der Waals surface area contributed by atoms with Gasteiger partial charge in [0.2, 0.25) is 0 Å². The van der Waals surface area contributed by atoms with Gasteiger partial charge in [-0.15, -0.1) is 0 Å². The summed E-state index contributed by atoms with van der Waals surface area (Å²) in [5, 5.41) is 0. The maximum absolute atomic E-state index is 5.83. The van der Waals surface area contributed by atoms with Crippen LogP contribution in [0.4, 0.5) is 0 Å². The maximum atomic E-state index is 5.83. The van der Waals surface area contributed by atoms with Crippen LogP contribution in [0.3, 0.4) is 0 Å². The van der Waals surface area contributed by atoms with Crippen LogP contribution in [0.15, 0.2) is 48.8 Å². The van der Waals surface area contributed by atoms with Crippen LogP contribution in [-0.4, -0.2) is 23.3 Å². The fourth-order valence-electron chi connectivity index (χ4n) is 2.34. The molecule has 3 rings (SSSR count). The van der Waals surface area contributed by atoms with E-state index in [0.717, 1.165) is 34.6 Å². The molecule has 0 unspecified atom stereocenters. The van der Waals surface area contributed by atoms with Gasteiger partial charge in [0.25, 0.3) is 0 Å². The number of para-hydroxylation sites is 2. The fraction of sp³-hybridized carbons (Fsp3) is 0.235. The first-order valence-electron chi connectivity index (χ1n) is 6.95. The summed E-state index contributed by atoms with van der Waals surface area (Å²) < 4.78 is 13.3. The van der Waals surface area contributed by atoms with E-state index in [4.69, 9.17) is 9.47 Å². The topological polar surface area (TPSA) is 36.3 Å². The summed E-state index contributed by atoms with van der Waals surface area (Å²) >= 11 is 0. The fourth-order valence-corrected chi connectivity index (χ4v) is 2.34. The van der Waals surface area contributed by atoms with E-state index < -0.39 is 0 Å². The number of methoxy groups -OCH3 is 1. The molecule has 0 N–H and O–H groups in total. The summed E-state index contributed by atoms with van der Waals surface area (Å²) in [5.74, 6) is 1.54. The molecular weight excluding hydrogens is 264 g/mol. The van der Waals surface area contributed by atoms with Gasteiger partial charge in [-0.1, -0.05) is 18.2 Å². The van der Waals surface area contributed by atoms with Crippen LogP contribution in [-0.2, 0) is 6.54 Å². The summed E-state index contributed by atoms with van der Waals surface area (Å²) in [5.41, 5.74) is 3.28. The molecule has 2 aromatic carbocycles. The van der Waals surface area contributed by atoms with Gasteiger partial charge in [-0.3, -0.25) is 0 Å². The van der Waals surface area contributed by atoms with Crippen molar-refractivity contribution >= 4 is 11.0 Å². The highest BCUT2D eigenvalue weighted by Crippen LogP contribution is 2.27. The third kappa shape index (κ3) is 2.84. The summed E-state index contributed by atoms with van der Waals surface area (Å²) in [6.07, 6.45) is 1.85. The largest absolute Gasteiger partial charge is 0.493 e. The van der Waals surface area contributed by atoms with Crippen LogP contribution in [0.5, 0.6) is 11.5 Å². The minimum atomic E-state index is 0.569. The molecule has 0 saturated carbocycles. The third-order valence-corrected chi connectivity index (χ3v) is 3.44. The lowest BCUT2D eigenvalue weighted by atomic mass is 10.2. The zero-order valence-electron chi connectivity index (χ0n) is 12.2. The van der Waals surface area contributed by atoms with Gasteiger partial charge in [0, 0.05) is 0 Å². The van der Waals surface area contributed by atoms with Gasteiger partial charge in [0.1, 0.15) is 6.61 Å². The van der Waals surface area contributed by atoms with Crippen molar-refractivity contribution in [1.82, 2.24) is 9.55 Å².